The zero-order valence-electron chi connectivity index (χ0n) is 19.4. The number of ether oxygens (including phenoxy) is 2. The van der Waals surface area contributed by atoms with Gasteiger partial charge >= 0.3 is 0 Å². The molecule has 4 aromatic rings. The predicted octanol–water partition coefficient (Wildman–Crippen LogP) is 7.89. The lowest BCUT2D eigenvalue weighted by molar-refractivity contribution is -0.112. The summed E-state index contributed by atoms with van der Waals surface area (Å²) >= 11 is 6.92. The first-order chi connectivity index (χ1) is 17.5. The molecule has 0 aliphatic heterocycles. The van der Waals surface area contributed by atoms with E-state index in [1.807, 2.05) is 37.3 Å². The van der Waals surface area contributed by atoms with Crippen molar-refractivity contribution in [2.24, 2.45) is 0 Å². The Morgan fingerprint density at radius 1 is 0.944 bits per heavy atom. The largest absolute Gasteiger partial charge is 0.490 e. The molecule has 0 bridgehead atoms. The Hall–Kier alpha value is -3.60. The van der Waals surface area contributed by atoms with E-state index in [1.165, 1.54) is 11.5 Å². The van der Waals surface area contributed by atoms with Gasteiger partial charge in [-0.25, -0.2) is 0 Å². The van der Waals surface area contributed by atoms with Crippen LogP contribution < -0.4 is 14.8 Å². The highest BCUT2D eigenvalue weighted by Gasteiger charge is 2.14. The van der Waals surface area contributed by atoms with Crippen molar-refractivity contribution in [3.63, 3.8) is 0 Å². The number of nitriles is 1. The molecule has 0 aliphatic carbocycles. The molecule has 180 valence electrons. The molecule has 0 atom stereocenters. The number of hydrogen-bond donors (Lipinski definition) is 1. The highest BCUT2D eigenvalue weighted by molar-refractivity contribution is 9.10. The minimum atomic E-state index is -0.503. The van der Waals surface area contributed by atoms with Crippen molar-refractivity contribution in [2.75, 3.05) is 11.9 Å². The highest BCUT2D eigenvalue weighted by atomic mass is 79.9. The first-order valence-electron chi connectivity index (χ1n) is 11.2. The predicted molar refractivity (Wildman–Crippen MR) is 150 cm³/mol. The molecule has 0 radical (unpaired) electrons. The molecule has 0 aliphatic rings. The third-order valence-corrected chi connectivity index (χ3v) is 6.50. The van der Waals surface area contributed by atoms with Crippen LogP contribution in [-0.4, -0.2) is 12.5 Å². The Labute approximate surface area is 226 Å². The molecule has 5 nitrogen and oxygen atoms in total. The van der Waals surface area contributed by atoms with Gasteiger partial charge in [-0.2, -0.15) is 5.26 Å². The summed E-state index contributed by atoms with van der Waals surface area (Å²) in [5.41, 5.74) is 2.20. The summed E-state index contributed by atoms with van der Waals surface area (Å²) in [5.74, 6) is 0.584. The molecular weight excluding hydrogens is 584 g/mol. The second-order valence-corrected chi connectivity index (χ2v) is 9.63. The topological polar surface area (TPSA) is 71.3 Å². The smallest absolute Gasteiger partial charge is 0.266 e. The van der Waals surface area contributed by atoms with Crippen molar-refractivity contribution in [2.45, 2.75) is 13.5 Å². The highest BCUT2D eigenvalue weighted by Crippen LogP contribution is 2.35. The molecule has 4 aromatic carbocycles. The van der Waals surface area contributed by atoms with E-state index < -0.39 is 5.91 Å². The van der Waals surface area contributed by atoms with Crippen molar-refractivity contribution in [1.29, 1.82) is 5.26 Å². The number of hydrogen-bond acceptors (Lipinski definition) is 4. The second-order valence-electron chi connectivity index (χ2n) is 7.86. The molecule has 1 amide bonds. The Bertz CT molecular complexity index is 1490. The monoisotopic (exact) mass is 604 g/mol. The molecule has 0 saturated carbocycles. The summed E-state index contributed by atoms with van der Waals surface area (Å²) < 4.78 is 13.4. The average Bonchev–Trinajstić information content (AvgIpc) is 2.87. The van der Waals surface area contributed by atoms with E-state index in [1.54, 1.807) is 30.3 Å². The first kappa shape index (κ1) is 25.5. The third-order valence-electron chi connectivity index (χ3n) is 5.32. The lowest BCUT2D eigenvalue weighted by Crippen LogP contribution is -2.13. The molecule has 7 heteroatoms. The maximum atomic E-state index is 12.7. The number of nitrogens with zero attached hydrogens (tertiary/aromatic N) is 1. The summed E-state index contributed by atoms with van der Waals surface area (Å²) in [6.07, 6.45) is 1.52. The van der Waals surface area contributed by atoms with Crippen LogP contribution in [0.3, 0.4) is 0 Å². The molecule has 36 heavy (non-hydrogen) atoms. The lowest BCUT2D eigenvalue weighted by atomic mass is 10.1. The van der Waals surface area contributed by atoms with E-state index >= 15 is 0 Å². The van der Waals surface area contributed by atoms with Gasteiger partial charge in [-0.15, -0.1) is 0 Å². The van der Waals surface area contributed by atoms with Gasteiger partial charge in [0.25, 0.3) is 5.91 Å². The summed E-state index contributed by atoms with van der Waals surface area (Å²) in [6, 6.07) is 27.1. The van der Waals surface area contributed by atoms with Gasteiger partial charge in [-0.05, 0) is 71.3 Å². The van der Waals surface area contributed by atoms with Crippen LogP contribution in [0.4, 0.5) is 5.69 Å². The van der Waals surface area contributed by atoms with Gasteiger partial charge in [0.15, 0.2) is 11.5 Å². The van der Waals surface area contributed by atoms with Crippen molar-refractivity contribution in [3.8, 4) is 17.6 Å². The zero-order valence-corrected chi connectivity index (χ0v) is 22.6. The number of carbonyl (C=O) groups excluding carboxylic acids is 1. The number of carbonyl (C=O) groups is 1. The maximum Gasteiger partial charge on any atom is 0.266 e. The number of halogens is 2. The van der Waals surface area contributed by atoms with Crippen molar-refractivity contribution in [1.82, 2.24) is 0 Å². The first-order valence-corrected chi connectivity index (χ1v) is 12.8. The molecule has 0 heterocycles. The molecule has 0 saturated heterocycles. The Morgan fingerprint density at radius 3 is 2.47 bits per heavy atom. The molecule has 0 aromatic heterocycles. The van der Waals surface area contributed by atoms with Gasteiger partial charge in [0.2, 0.25) is 0 Å². The van der Waals surface area contributed by atoms with Gasteiger partial charge in [-0.1, -0.05) is 74.3 Å². The number of nitrogens with one attached hydrogen (secondary N) is 1. The van der Waals surface area contributed by atoms with Crippen LogP contribution in [0.25, 0.3) is 16.8 Å². The summed E-state index contributed by atoms with van der Waals surface area (Å²) in [6.45, 7) is 2.69. The number of fused-ring (bicyclic) bond motifs is 1. The van der Waals surface area contributed by atoms with Gasteiger partial charge in [-0.3, -0.25) is 4.79 Å². The van der Waals surface area contributed by atoms with Crippen LogP contribution in [0.2, 0.25) is 0 Å². The fourth-order valence-electron chi connectivity index (χ4n) is 3.60. The number of amides is 1. The molecule has 0 fully saturated rings. The van der Waals surface area contributed by atoms with Gasteiger partial charge in [0.05, 0.1) is 6.61 Å². The third kappa shape index (κ3) is 6.34. The fraction of sp³-hybridized carbons (Fsp3) is 0.103. The normalized spacial score (nSPS) is 11.1. The van der Waals surface area contributed by atoms with Crippen molar-refractivity contribution < 1.29 is 14.3 Å². The minimum absolute atomic E-state index is 0.0389. The van der Waals surface area contributed by atoms with Crippen LogP contribution in [-0.2, 0) is 11.4 Å². The van der Waals surface area contributed by atoms with Crippen LogP contribution in [0, 0.1) is 11.3 Å². The van der Waals surface area contributed by atoms with E-state index in [9.17, 15) is 10.1 Å². The molecule has 1 N–H and O–H groups in total. The standard InChI is InChI=1S/C29H22Br2N2O3/c1-2-35-27-14-22(13-23(17-32)29(34)33-25-9-5-8-24(30)15-25)26(31)16-28(27)36-18-19-10-11-20-6-3-4-7-21(20)12-19/h3-16H,2,18H2,1H3,(H,33,34)/b23-13-. The lowest BCUT2D eigenvalue weighted by Gasteiger charge is -2.14. The summed E-state index contributed by atoms with van der Waals surface area (Å²) in [7, 11) is 0. The minimum Gasteiger partial charge on any atom is -0.490 e. The van der Waals surface area contributed by atoms with Gasteiger partial charge in [0, 0.05) is 14.6 Å². The Kier molecular flexibility index (Phi) is 8.42. The average molecular weight is 606 g/mol. The van der Waals surface area contributed by atoms with E-state index in [2.05, 4.69) is 61.4 Å². The number of anilines is 1. The van der Waals surface area contributed by atoms with Gasteiger partial charge in [0.1, 0.15) is 18.2 Å². The molecule has 0 unspecified atom stereocenters. The number of benzene rings is 4. The summed E-state index contributed by atoms with van der Waals surface area (Å²) in [5, 5.41) is 14.7. The van der Waals surface area contributed by atoms with E-state index in [-0.39, 0.29) is 5.57 Å². The van der Waals surface area contributed by atoms with Crippen molar-refractivity contribution in [3.05, 3.63) is 105 Å². The van der Waals surface area contributed by atoms with E-state index in [0.29, 0.717) is 40.4 Å². The Morgan fingerprint density at radius 2 is 1.72 bits per heavy atom. The SMILES string of the molecule is CCOc1cc(/C=C(/C#N)C(=O)Nc2cccc(Br)c2)c(Br)cc1OCc1ccc2ccccc2c1. The fourth-order valence-corrected chi connectivity index (χ4v) is 4.44. The molecular formula is C29H22Br2N2O3. The maximum absolute atomic E-state index is 12.7. The molecule has 4 rings (SSSR count). The van der Waals surface area contributed by atoms with Crippen LogP contribution >= 0.6 is 31.9 Å². The van der Waals surface area contributed by atoms with Crippen LogP contribution in [0.1, 0.15) is 18.1 Å². The zero-order chi connectivity index (χ0) is 25.5. The quantitative estimate of drug-likeness (QED) is 0.164. The second kappa shape index (κ2) is 11.9. The Balaban J connectivity index is 1.56. The van der Waals surface area contributed by atoms with E-state index in [0.717, 1.165) is 15.4 Å². The van der Waals surface area contributed by atoms with Crippen molar-refractivity contribution >= 4 is 60.3 Å². The van der Waals surface area contributed by atoms with E-state index in [4.69, 9.17) is 9.47 Å². The van der Waals surface area contributed by atoms with Gasteiger partial charge < -0.3 is 14.8 Å². The summed E-state index contributed by atoms with van der Waals surface area (Å²) in [4.78, 5) is 12.7. The number of rotatable bonds is 8. The van der Waals surface area contributed by atoms with Crippen LogP contribution in [0.5, 0.6) is 11.5 Å². The van der Waals surface area contributed by atoms with Crippen LogP contribution in [0.15, 0.2) is 93.4 Å². The molecule has 0 spiro atoms.